The largest absolute Gasteiger partial charge is 0.274 e. The Bertz CT molecular complexity index is 1240. The molecule has 4 aromatic rings. The van der Waals surface area contributed by atoms with Crippen LogP contribution in [0.1, 0.15) is 27.0 Å². The lowest BCUT2D eigenvalue weighted by Crippen LogP contribution is -2.23. The van der Waals surface area contributed by atoms with E-state index in [2.05, 4.69) is 11.1 Å². The topological polar surface area (TPSA) is 33.2 Å². The fourth-order valence-corrected chi connectivity index (χ4v) is 3.86. The van der Waals surface area contributed by atoms with E-state index >= 15 is 0 Å². The van der Waals surface area contributed by atoms with E-state index in [1.165, 1.54) is 0 Å². The summed E-state index contributed by atoms with van der Waals surface area (Å²) in [5.41, 5.74) is 6.27. The Labute approximate surface area is 163 Å². The first kappa shape index (κ1) is 16.5. The highest BCUT2D eigenvalue weighted by molar-refractivity contribution is 6.26. The first-order chi connectivity index (χ1) is 13.7. The van der Waals surface area contributed by atoms with Gasteiger partial charge in [0.2, 0.25) is 0 Å². The minimum Gasteiger partial charge on any atom is -0.274 e. The zero-order valence-corrected chi connectivity index (χ0v) is 15.5. The number of anilines is 1. The van der Waals surface area contributed by atoms with Crippen molar-refractivity contribution in [1.29, 1.82) is 0 Å². The molecule has 2 heterocycles. The van der Waals surface area contributed by atoms with Crippen LogP contribution in [0.25, 0.3) is 22.7 Å². The molecule has 0 saturated carbocycles. The lowest BCUT2D eigenvalue weighted by atomic mass is 10.0. The van der Waals surface area contributed by atoms with Crippen LogP contribution in [0.15, 0.2) is 85.1 Å². The molecule has 0 unspecified atom stereocenters. The molecule has 5 rings (SSSR count). The Hall–Kier alpha value is -3.72. The van der Waals surface area contributed by atoms with E-state index in [9.17, 15) is 4.79 Å². The number of aromatic nitrogens is 1. The van der Waals surface area contributed by atoms with Gasteiger partial charge in [-0.1, -0.05) is 66.7 Å². The smallest absolute Gasteiger partial charge is 0.263 e. The molecule has 0 bridgehead atoms. The zero-order chi connectivity index (χ0) is 19.1. The van der Waals surface area contributed by atoms with Crippen molar-refractivity contribution in [3.63, 3.8) is 0 Å². The minimum absolute atomic E-state index is 0.00608. The summed E-state index contributed by atoms with van der Waals surface area (Å²) in [5, 5.41) is 1.01. The van der Waals surface area contributed by atoms with E-state index in [1.807, 2.05) is 85.8 Å². The van der Waals surface area contributed by atoms with E-state index in [-0.39, 0.29) is 5.91 Å². The monoisotopic (exact) mass is 362 g/mol. The fourth-order valence-electron chi connectivity index (χ4n) is 3.86. The van der Waals surface area contributed by atoms with Crippen LogP contribution in [-0.4, -0.2) is 10.9 Å². The number of carbonyl (C=O) groups is 1. The van der Waals surface area contributed by atoms with E-state index in [0.29, 0.717) is 0 Å². The SMILES string of the molecule is Cc1cccc2c1C(=O)N(c1cccc3cccnc13)/C2=C/c1ccccc1. The second-order valence-electron chi connectivity index (χ2n) is 6.93. The molecule has 0 atom stereocenters. The zero-order valence-electron chi connectivity index (χ0n) is 15.5. The highest BCUT2D eigenvalue weighted by Crippen LogP contribution is 2.41. The summed E-state index contributed by atoms with van der Waals surface area (Å²) >= 11 is 0. The number of fused-ring (bicyclic) bond motifs is 2. The molecule has 0 fully saturated rings. The predicted octanol–water partition coefficient (Wildman–Crippen LogP) is 5.70. The van der Waals surface area contributed by atoms with Gasteiger partial charge >= 0.3 is 0 Å². The maximum absolute atomic E-state index is 13.5. The van der Waals surface area contributed by atoms with Crippen LogP contribution in [0, 0.1) is 6.92 Å². The molecular formula is C25H18N2O. The van der Waals surface area contributed by atoms with Gasteiger partial charge in [-0.25, -0.2) is 0 Å². The summed E-state index contributed by atoms with van der Waals surface area (Å²) in [4.78, 5) is 19.9. The van der Waals surface area contributed by atoms with Crippen molar-refractivity contribution >= 4 is 34.3 Å². The van der Waals surface area contributed by atoms with E-state index in [4.69, 9.17) is 0 Å². The van der Waals surface area contributed by atoms with Crippen molar-refractivity contribution in [3.05, 3.63) is 107 Å². The number of para-hydroxylation sites is 1. The molecule has 1 aliphatic heterocycles. The standard InChI is InChI=1S/C25H18N2O/c1-17-8-5-13-20-22(16-18-9-3-2-4-10-18)27(25(28)23(17)20)21-14-6-11-19-12-7-15-26-24(19)21/h2-16H,1H3/b22-16+. The molecule has 0 aliphatic carbocycles. The molecule has 3 aromatic carbocycles. The molecule has 0 N–H and O–H groups in total. The van der Waals surface area contributed by atoms with Crippen molar-refractivity contribution < 1.29 is 4.79 Å². The lowest BCUT2D eigenvalue weighted by molar-refractivity contribution is 0.101. The van der Waals surface area contributed by atoms with E-state index < -0.39 is 0 Å². The fraction of sp³-hybridized carbons (Fsp3) is 0.0400. The highest BCUT2D eigenvalue weighted by atomic mass is 16.2. The molecule has 1 aromatic heterocycles. The normalized spacial score (nSPS) is 14.7. The van der Waals surface area contributed by atoms with Gasteiger partial charge in [-0.15, -0.1) is 0 Å². The first-order valence-corrected chi connectivity index (χ1v) is 9.29. The van der Waals surface area contributed by atoms with Crippen molar-refractivity contribution in [2.24, 2.45) is 0 Å². The van der Waals surface area contributed by atoms with E-state index in [1.54, 1.807) is 11.1 Å². The summed E-state index contributed by atoms with van der Waals surface area (Å²) in [7, 11) is 0. The third kappa shape index (κ3) is 2.52. The third-order valence-corrected chi connectivity index (χ3v) is 5.16. The maximum atomic E-state index is 13.5. The molecule has 3 heteroatoms. The number of aryl methyl sites for hydroxylation is 1. The molecule has 1 aliphatic rings. The van der Waals surface area contributed by atoms with Gasteiger partial charge in [0.1, 0.15) is 0 Å². The minimum atomic E-state index is -0.00608. The van der Waals surface area contributed by atoms with Crippen molar-refractivity contribution in [2.75, 3.05) is 4.90 Å². The Balaban J connectivity index is 1.79. The summed E-state index contributed by atoms with van der Waals surface area (Å²) in [5.74, 6) is -0.00608. The van der Waals surface area contributed by atoms with Gasteiger partial charge in [0.25, 0.3) is 5.91 Å². The average molecular weight is 362 g/mol. The van der Waals surface area contributed by atoms with E-state index in [0.717, 1.165) is 44.5 Å². The first-order valence-electron chi connectivity index (χ1n) is 9.29. The number of hydrogen-bond acceptors (Lipinski definition) is 2. The van der Waals surface area contributed by atoms with Gasteiger partial charge in [0.05, 0.1) is 22.5 Å². The van der Waals surface area contributed by atoms with Crippen LogP contribution in [-0.2, 0) is 0 Å². The maximum Gasteiger partial charge on any atom is 0.263 e. The van der Waals surface area contributed by atoms with Crippen LogP contribution in [0.2, 0.25) is 0 Å². The molecule has 0 saturated heterocycles. The third-order valence-electron chi connectivity index (χ3n) is 5.16. The Morgan fingerprint density at radius 3 is 2.50 bits per heavy atom. The van der Waals surface area contributed by atoms with Gasteiger partial charge < -0.3 is 0 Å². The molecule has 134 valence electrons. The van der Waals surface area contributed by atoms with Gasteiger partial charge in [-0.3, -0.25) is 14.7 Å². The summed E-state index contributed by atoms with van der Waals surface area (Å²) < 4.78 is 0. The average Bonchev–Trinajstić information content (AvgIpc) is 3.01. The molecule has 0 radical (unpaired) electrons. The molecule has 3 nitrogen and oxygen atoms in total. The lowest BCUT2D eigenvalue weighted by Gasteiger charge is -2.20. The van der Waals surface area contributed by atoms with Crippen LogP contribution in [0.4, 0.5) is 5.69 Å². The highest BCUT2D eigenvalue weighted by Gasteiger charge is 2.35. The van der Waals surface area contributed by atoms with Crippen LogP contribution in [0.5, 0.6) is 0 Å². The number of nitrogens with zero attached hydrogens (tertiary/aromatic N) is 2. The van der Waals surface area contributed by atoms with Crippen molar-refractivity contribution in [1.82, 2.24) is 4.98 Å². The van der Waals surface area contributed by atoms with Gasteiger partial charge in [-0.2, -0.15) is 0 Å². The number of benzene rings is 3. The van der Waals surface area contributed by atoms with Crippen molar-refractivity contribution in [3.8, 4) is 0 Å². The second kappa shape index (κ2) is 6.46. The predicted molar refractivity (Wildman–Crippen MR) is 114 cm³/mol. The van der Waals surface area contributed by atoms with Crippen LogP contribution < -0.4 is 4.90 Å². The Morgan fingerprint density at radius 2 is 1.64 bits per heavy atom. The molecule has 0 spiro atoms. The number of rotatable bonds is 2. The number of pyridine rings is 1. The summed E-state index contributed by atoms with van der Waals surface area (Å²) in [6.45, 7) is 1.99. The Kier molecular flexibility index (Phi) is 3.80. The summed E-state index contributed by atoms with van der Waals surface area (Å²) in [6, 6.07) is 26.0. The molecular weight excluding hydrogens is 344 g/mol. The summed E-state index contributed by atoms with van der Waals surface area (Å²) in [6.07, 6.45) is 3.84. The van der Waals surface area contributed by atoms with Crippen molar-refractivity contribution in [2.45, 2.75) is 6.92 Å². The van der Waals surface area contributed by atoms with Gasteiger partial charge in [-0.05, 0) is 36.3 Å². The Morgan fingerprint density at radius 1 is 0.857 bits per heavy atom. The van der Waals surface area contributed by atoms with Crippen LogP contribution >= 0.6 is 0 Å². The quantitative estimate of drug-likeness (QED) is 0.458. The number of carbonyl (C=O) groups excluding carboxylic acids is 1. The number of hydrogen-bond donors (Lipinski definition) is 0. The molecule has 28 heavy (non-hydrogen) atoms. The second-order valence-corrected chi connectivity index (χ2v) is 6.93. The molecule has 1 amide bonds. The number of amides is 1. The van der Waals surface area contributed by atoms with Crippen LogP contribution in [0.3, 0.4) is 0 Å². The van der Waals surface area contributed by atoms with Gasteiger partial charge in [0.15, 0.2) is 0 Å². The van der Waals surface area contributed by atoms with Gasteiger partial charge in [0, 0.05) is 17.1 Å².